The van der Waals surface area contributed by atoms with E-state index in [1.807, 2.05) is 0 Å². The van der Waals surface area contributed by atoms with Crippen molar-refractivity contribution in [2.75, 3.05) is 23.8 Å². The van der Waals surface area contributed by atoms with E-state index in [0.717, 1.165) is 60.2 Å². The van der Waals surface area contributed by atoms with Gasteiger partial charge >= 0.3 is 6.01 Å². The Hall–Kier alpha value is -3.53. The molecule has 9 nitrogen and oxygen atoms in total. The van der Waals surface area contributed by atoms with Gasteiger partial charge in [0.05, 0.1) is 29.0 Å². The van der Waals surface area contributed by atoms with E-state index in [2.05, 4.69) is 30.2 Å². The molecule has 1 saturated heterocycles. The quantitative estimate of drug-likeness (QED) is 0.413. The highest BCUT2D eigenvalue weighted by Crippen LogP contribution is 2.44. The van der Waals surface area contributed by atoms with Crippen LogP contribution < -0.4 is 20.7 Å². The standard InChI is InChI=1S/C24H25FN8O/c1-27-16-7-13(25)6-15-18-22(30-20(15)16)31-24(34-14-8-28-21(29-9-14)11-2-3-11)32-23(18)33-10-12-4-5-17(33)19(12)26/h6-9,11-12,17,19,27H,2-5,10,26H2,1H3,(H,30,31,32). The SMILES string of the molecule is CNc1cc(F)cc2c1[nH]c1nc(Oc3cnc(C4CC4)nc3)nc(N3CC4CCC3C4N)c12. The van der Waals surface area contributed by atoms with Gasteiger partial charge in [-0.2, -0.15) is 9.97 Å². The average Bonchev–Trinajstić information content (AvgIpc) is 3.47. The Morgan fingerprint density at radius 2 is 1.97 bits per heavy atom. The predicted octanol–water partition coefficient (Wildman–Crippen LogP) is 3.68. The van der Waals surface area contributed by atoms with E-state index in [0.29, 0.717) is 28.9 Å². The number of aromatic nitrogens is 5. The largest absolute Gasteiger partial charge is 0.421 e. The second kappa shape index (κ2) is 7.23. The first-order valence-electron chi connectivity index (χ1n) is 11.8. The fourth-order valence-electron chi connectivity index (χ4n) is 5.60. The Balaban J connectivity index is 1.38. The van der Waals surface area contributed by atoms with Gasteiger partial charge < -0.3 is 25.7 Å². The molecule has 3 fully saturated rings. The number of benzene rings is 1. The van der Waals surface area contributed by atoms with E-state index in [1.54, 1.807) is 19.4 Å². The summed E-state index contributed by atoms with van der Waals surface area (Å²) in [5, 5.41) is 4.58. The van der Waals surface area contributed by atoms with E-state index in [4.69, 9.17) is 15.5 Å². The maximum Gasteiger partial charge on any atom is 0.326 e. The van der Waals surface area contributed by atoms with Crippen molar-refractivity contribution in [2.45, 2.75) is 43.7 Å². The van der Waals surface area contributed by atoms with E-state index >= 15 is 0 Å². The highest BCUT2D eigenvalue weighted by Gasteiger charge is 2.46. The molecule has 2 aliphatic carbocycles. The van der Waals surface area contributed by atoms with Crippen molar-refractivity contribution in [1.29, 1.82) is 0 Å². The lowest BCUT2D eigenvalue weighted by molar-refractivity contribution is 0.437. The topological polar surface area (TPSA) is 118 Å². The van der Waals surface area contributed by atoms with Crippen LogP contribution in [0.2, 0.25) is 0 Å². The van der Waals surface area contributed by atoms with Gasteiger partial charge in [-0.1, -0.05) is 0 Å². The molecule has 1 aromatic carbocycles. The predicted molar refractivity (Wildman–Crippen MR) is 127 cm³/mol. The van der Waals surface area contributed by atoms with Gasteiger partial charge in [-0.25, -0.2) is 14.4 Å². The van der Waals surface area contributed by atoms with Crippen LogP contribution in [-0.4, -0.2) is 50.6 Å². The molecule has 174 valence electrons. The van der Waals surface area contributed by atoms with Crippen molar-refractivity contribution < 1.29 is 9.13 Å². The lowest BCUT2D eigenvalue weighted by atomic mass is 10.1. The van der Waals surface area contributed by atoms with Crippen molar-refractivity contribution >= 4 is 33.4 Å². The minimum absolute atomic E-state index is 0.104. The maximum atomic E-state index is 14.5. The number of ether oxygens (including phenoxy) is 1. The van der Waals surface area contributed by atoms with Gasteiger partial charge in [0.2, 0.25) is 0 Å². The zero-order valence-corrected chi connectivity index (χ0v) is 18.8. The fraction of sp³-hybridized carbons (Fsp3) is 0.417. The van der Waals surface area contributed by atoms with Gasteiger partial charge in [-0.05, 0) is 43.7 Å². The summed E-state index contributed by atoms with van der Waals surface area (Å²) in [7, 11) is 1.77. The summed E-state index contributed by atoms with van der Waals surface area (Å²) in [6.07, 6.45) is 7.75. The first-order valence-corrected chi connectivity index (χ1v) is 11.8. The smallest absolute Gasteiger partial charge is 0.326 e. The molecule has 0 spiro atoms. The van der Waals surface area contributed by atoms with Gasteiger partial charge in [0.1, 0.15) is 23.1 Å². The number of rotatable bonds is 5. The van der Waals surface area contributed by atoms with E-state index in [-0.39, 0.29) is 23.9 Å². The maximum absolute atomic E-state index is 14.5. The summed E-state index contributed by atoms with van der Waals surface area (Å²) in [4.78, 5) is 23.9. The molecule has 3 unspecified atom stereocenters. The van der Waals surface area contributed by atoms with Crippen molar-refractivity contribution in [1.82, 2.24) is 24.9 Å². The van der Waals surface area contributed by atoms with Crippen LogP contribution in [0.15, 0.2) is 24.5 Å². The van der Waals surface area contributed by atoms with Crippen LogP contribution in [0.3, 0.4) is 0 Å². The van der Waals surface area contributed by atoms with Gasteiger partial charge in [-0.3, -0.25) is 0 Å². The highest BCUT2D eigenvalue weighted by molar-refractivity contribution is 6.14. The van der Waals surface area contributed by atoms with E-state index in [9.17, 15) is 4.39 Å². The highest BCUT2D eigenvalue weighted by atomic mass is 19.1. The normalized spacial score (nSPS) is 23.9. The minimum Gasteiger partial charge on any atom is -0.421 e. The van der Waals surface area contributed by atoms with Crippen molar-refractivity contribution in [2.24, 2.45) is 11.7 Å². The molecular formula is C24H25FN8O. The number of aromatic amines is 1. The zero-order chi connectivity index (χ0) is 23.0. The van der Waals surface area contributed by atoms with Crippen LogP contribution in [-0.2, 0) is 0 Å². The lowest BCUT2D eigenvalue weighted by Crippen LogP contribution is -2.38. The monoisotopic (exact) mass is 460 g/mol. The molecule has 0 amide bonds. The number of H-pyrrole nitrogens is 1. The minimum atomic E-state index is -0.323. The Bertz CT molecular complexity index is 1420. The average molecular weight is 461 g/mol. The molecular weight excluding hydrogens is 435 g/mol. The van der Waals surface area contributed by atoms with Crippen LogP contribution >= 0.6 is 0 Å². The summed E-state index contributed by atoms with van der Waals surface area (Å²) in [6, 6.07) is 3.49. The third-order valence-electron chi connectivity index (χ3n) is 7.48. The van der Waals surface area contributed by atoms with Crippen LogP contribution in [0, 0.1) is 11.7 Å². The summed E-state index contributed by atoms with van der Waals surface area (Å²) in [6.45, 7) is 0.817. The van der Waals surface area contributed by atoms with Crippen molar-refractivity contribution in [3.8, 4) is 11.8 Å². The number of piperidine rings is 1. The summed E-state index contributed by atoms with van der Waals surface area (Å²) < 4.78 is 20.5. The van der Waals surface area contributed by atoms with Crippen LogP contribution in [0.1, 0.15) is 37.4 Å². The molecule has 3 atom stereocenters. The van der Waals surface area contributed by atoms with E-state index < -0.39 is 0 Å². The molecule has 10 heteroatoms. The van der Waals surface area contributed by atoms with Crippen LogP contribution in [0.25, 0.3) is 21.9 Å². The second-order valence-electron chi connectivity index (χ2n) is 9.59. The fourth-order valence-corrected chi connectivity index (χ4v) is 5.60. The first-order chi connectivity index (χ1) is 16.6. The molecule has 3 aromatic heterocycles. The molecule has 4 aromatic rings. The Morgan fingerprint density at radius 1 is 1.15 bits per heavy atom. The van der Waals surface area contributed by atoms with E-state index in [1.165, 1.54) is 12.1 Å². The number of nitrogens with zero attached hydrogens (tertiary/aromatic N) is 5. The Morgan fingerprint density at radius 3 is 2.65 bits per heavy atom. The molecule has 2 bridgehead atoms. The lowest BCUT2D eigenvalue weighted by Gasteiger charge is -2.29. The van der Waals surface area contributed by atoms with Crippen LogP contribution in [0.5, 0.6) is 11.8 Å². The molecule has 0 radical (unpaired) electrons. The summed E-state index contributed by atoms with van der Waals surface area (Å²) >= 11 is 0. The van der Waals surface area contributed by atoms with Gasteiger partial charge in [0.25, 0.3) is 0 Å². The third kappa shape index (κ3) is 3.01. The molecule has 1 aliphatic heterocycles. The Labute approximate surface area is 195 Å². The molecule has 7 rings (SSSR count). The second-order valence-corrected chi connectivity index (χ2v) is 9.59. The van der Waals surface area contributed by atoms with Gasteiger partial charge in [0.15, 0.2) is 5.75 Å². The molecule has 4 heterocycles. The number of anilines is 2. The number of halogens is 1. The Kier molecular flexibility index (Phi) is 4.23. The third-order valence-corrected chi connectivity index (χ3v) is 7.48. The van der Waals surface area contributed by atoms with Crippen molar-refractivity contribution in [3.63, 3.8) is 0 Å². The molecule has 2 saturated carbocycles. The summed E-state index contributed by atoms with van der Waals surface area (Å²) in [5.41, 5.74) is 8.53. The number of hydrogen-bond donors (Lipinski definition) is 3. The van der Waals surface area contributed by atoms with Gasteiger partial charge in [-0.15, -0.1) is 0 Å². The number of nitrogens with one attached hydrogen (secondary N) is 2. The first kappa shape index (κ1) is 19.9. The molecule has 4 N–H and O–H groups in total. The zero-order valence-electron chi connectivity index (χ0n) is 18.8. The molecule has 34 heavy (non-hydrogen) atoms. The number of fused-ring (bicyclic) bond motifs is 5. The van der Waals surface area contributed by atoms with Crippen molar-refractivity contribution in [3.05, 3.63) is 36.2 Å². The number of nitrogens with two attached hydrogens (primary N) is 1. The van der Waals surface area contributed by atoms with Crippen LogP contribution in [0.4, 0.5) is 15.9 Å². The summed E-state index contributed by atoms with van der Waals surface area (Å²) in [5.74, 6) is 2.62. The molecule has 3 aliphatic rings. The number of hydrogen-bond acceptors (Lipinski definition) is 8. The van der Waals surface area contributed by atoms with Gasteiger partial charge in [0, 0.05) is 37.0 Å².